The fourth-order valence-electron chi connectivity index (χ4n) is 4.12. The van der Waals surface area contributed by atoms with Crippen molar-refractivity contribution < 1.29 is 26.7 Å². The number of rotatable bonds is 24. The number of hydrogen-bond donors (Lipinski definition) is 0. The van der Waals surface area contributed by atoms with Gasteiger partial charge in [-0.3, -0.25) is 0 Å². The van der Waals surface area contributed by atoms with Crippen molar-refractivity contribution in [3.63, 3.8) is 0 Å². The van der Waals surface area contributed by atoms with E-state index in [2.05, 4.69) is 11.3 Å². The van der Waals surface area contributed by atoms with E-state index >= 15 is 0 Å². The summed E-state index contributed by atoms with van der Waals surface area (Å²) < 4.78 is 60.3. The quantitative estimate of drug-likeness (QED) is 0.0738. The van der Waals surface area contributed by atoms with Crippen LogP contribution in [-0.2, 0) is 10.0 Å². The van der Waals surface area contributed by atoms with E-state index in [0.717, 1.165) is 19.3 Å². The van der Waals surface area contributed by atoms with Gasteiger partial charge >= 0.3 is 15.5 Å². The highest BCUT2D eigenvalue weighted by molar-refractivity contribution is 7.91. The Bertz CT molecular complexity index is 593. The first-order chi connectivity index (χ1) is 16.2. The van der Waals surface area contributed by atoms with E-state index in [9.17, 15) is 26.7 Å². The Morgan fingerprint density at radius 3 is 1.12 bits per heavy atom. The molecule has 0 aliphatic carbocycles. The molecule has 0 aromatic rings. The van der Waals surface area contributed by atoms with E-state index in [-0.39, 0.29) is 6.42 Å². The summed E-state index contributed by atoms with van der Waals surface area (Å²) in [6, 6.07) is 0. The predicted molar refractivity (Wildman–Crippen MR) is 134 cm³/mol. The van der Waals surface area contributed by atoms with Gasteiger partial charge in [-0.25, -0.2) is 0 Å². The number of unbranched alkanes of at least 4 members (excludes halogenated alkanes) is 21. The predicted octanol–water partition coefficient (Wildman–Crippen LogP) is 8.59. The monoisotopic (exact) mass is 512 g/mol. The third kappa shape index (κ3) is 20.6. The second-order valence-corrected chi connectivity index (χ2v) is 11.2. The Balaban J connectivity index is 3.32. The van der Waals surface area contributed by atoms with Crippen LogP contribution in [0.4, 0.5) is 13.2 Å². The summed E-state index contributed by atoms with van der Waals surface area (Å²) in [6.07, 6.45) is 26.9. The van der Waals surface area contributed by atoms with Crippen molar-refractivity contribution >= 4 is 15.9 Å². The fraction of sp³-hybridized carbons (Fsp3) is 0.962. The lowest BCUT2D eigenvalue weighted by atomic mass is 10.0. The van der Waals surface area contributed by atoms with Crippen LogP contribution in [0.1, 0.15) is 155 Å². The highest BCUT2D eigenvalue weighted by atomic mass is 32.2. The summed E-state index contributed by atoms with van der Waals surface area (Å²) in [5.74, 6) is -1.22. The summed E-state index contributed by atoms with van der Waals surface area (Å²) in [7, 11) is -5.70. The number of sulfonamides is 1. The van der Waals surface area contributed by atoms with Gasteiger partial charge in [0.15, 0.2) is 0 Å². The van der Waals surface area contributed by atoms with Crippen LogP contribution in [0.5, 0.6) is 0 Å². The molecule has 0 radical (unpaired) electrons. The van der Waals surface area contributed by atoms with Crippen molar-refractivity contribution in [2.45, 2.75) is 160 Å². The molecule has 0 aliphatic rings. The second kappa shape index (κ2) is 21.5. The van der Waals surface area contributed by atoms with Crippen LogP contribution in [0.2, 0.25) is 0 Å². The number of nitrogens with zero attached hydrogens (tertiary/aromatic N) is 1. The summed E-state index contributed by atoms with van der Waals surface area (Å²) in [4.78, 5) is 0. The van der Waals surface area contributed by atoms with Crippen molar-refractivity contribution in [2.75, 3.05) is 0 Å². The van der Waals surface area contributed by atoms with Crippen molar-refractivity contribution in [3.05, 3.63) is 0 Å². The first-order valence-corrected chi connectivity index (χ1v) is 15.2. The minimum Gasteiger partial charge on any atom is -0.861 e. The standard InChI is InChI=1S/C26H50F3NO3S/c1-2-3-4-5-6-7-8-9-10-11-12-13-14-15-16-17-18-19-20-21-22-23-24-25(31)30-34(32,33)26(27,28)29/h2-24H2,1H3,(H,30,31)/p-1. The molecular weight excluding hydrogens is 463 g/mol. The zero-order chi connectivity index (χ0) is 25.5. The summed E-state index contributed by atoms with van der Waals surface area (Å²) in [5, 5.41) is 11.3. The van der Waals surface area contributed by atoms with Crippen molar-refractivity contribution in [3.8, 4) is 0 Å². The first-order valence-electron chi connectivity index (χ1n) is 13.8. The van der Waals surface area contributed by atoms with Crippen LogP contribution >= 0.6 is 0 Å². The number of alkyl halides is 3. The van der Waals surface area contributed by atoms with Crippen LogP contribution < -0.4 is 5.11 Å². The maximum absolute atomic E-state index is 12.2. The minimum atomic E-state index is -5.70. The van der Waals surface area contributed by atoms with Gasteiger partial charge in [0.05, 0.1) is 0 Å². The molecule has 4 nitrogen and oxygen atoms in total. The second-order valence-electron chi connectivity index (χ2n) is 9.58. The highest BCUT2D eigenvalue weighted by Crippen LogP contribution is 2.24. The van der Waals surface area contributed by atoms with Gasteiger partial charge in [-0.2, -0.15) is 26.0 Å². The molecule has 0 saturated carbocycles. The maximum atomic E-state index is 12.2. The van der Waals surface area contributed by atoms with Crippen LogP contribution in [0.15, 0.2) is 4.40 Å². The summed E-state index contributed by atoms with van der Waals surface area (Å²) in [5.41, 5.74) is -5.50. The molecule has 8 heteroatoms. The number of hydrogen-bond acceptors (Lipinski definition) is 3. The van der Waals surface area contributed by atoms with Crippen LogP contribution in [0, 0.1) is 0 Å². The SMILES string of the molecule is CCCCCCCCCCCCCCCCCCCCCCCC/C([O-])=N/S(=O)(=O)C(F)(F)F. The van der Waals surface area contributed by atoms with E-state index in [1.807, 2.05) is 0 Å². The molecule has 0 unspecified atom stereocenters. The Kier molecular flexibility index (Phi) is 21.0. The Morgan fingerprint density at radius 1 is 0.588 bits per heavy atom. The third-order valence-corrected chi connectivity index (χ3v) is 7.29. The summed E-state index contributed by atoms with van der Waals surface area (Å²) >= 11 is 0. The Hall–Kier alpha value is -0.790. The highest BCUT2D eigenvalue weighted by Gasteiger charge is 2.45. The molecule has 0 fully saturated rings. The Morgan fingerprint density at radius 2 is 0.853 bits per heavy atom. The minimum absolute atomic E-state index is 0.256. The molecule has 0 aromatic carbocycles. The average Bonchev–Trinajstić information content (AvgIpc) is 2.76. The van der Waals surface area contributed by atoms with Crippen molar-refractivity contribution in [2.24, 2.45) is 4.40 Å². The van der Waals surface area contributed by atoms with Gasteiger partial charge in [-0.1, -0.05) is 142 Å². The fourth-order valence-corrected chi connectivity index (χ4v) is 4.58. The lowest BCUT2D eigenvalue weighted by molar-refractivity contribution is -0.218. The molecule has 0 aliphatic heterocycles. The molecule has 0 bridgehead atoms. The zero-order valence-corrected chi connectivity index (χ0v) is 22.3. The third-order valence-electron chi connectivity index (χ3n) is 6.26. The van der Waals surface area contributed by atoms with Gasteiger partial charge in [-0.05, 0) is 18.7 Å². The lowest BCUT2D eigenvalue weighted by Crippen LogP contribution is -2.26. The average molecular weight is 513 g/mol. The van der Waals surface area contributed by atoms with Crippen LogP contribution in [-0.4, -0.2) is 19.8 Å². The topological polar surface area (TPSA) is 69.6 Å². The van der Waals surface area contributed by atoms with Crippen molar-refractivity contribution in [1.82, 2.24) is 0 Å². The Labute approximate surface area is 207 Å². The van der Waals surface area contributed by atoms with Gasteiger partial charge in [0.2, 0.25) is 0 Å². The molecule has 34 heavy (non-hydrogen) atoms. The van der Waals surface area contributed by atoms with E-state index in [0.29, 0.717) is 12.8 Å². The normalized spacial score (nSPS) is 13.0. The van der Waals surface area contributed by atoms with Crippen molar-refractivity contribution in [1.29, 1.82) is 0 Å². The van der Waals surface area contributed by atoms with Gasteiger partial charge in [0.25, 0.3) is 0 Å². The molecule has 0 N–H and O–H groups in total. The molecule has 0 heterocycles. The zero-order valence-electron chi connectivity index (χ0n) is 21.5. The van der Waals surface area contributed by atoms with E-state index < -0.39 is 21.4 Å². The van der Waals surface area contributed by atoms with Gasteiger partial charge in [0, 0.05) is 0 Å². The lowest BCUT2D eigenvalue weighted by Gasteiger charge is -2.11. The smallest absolute Gasteiger partial charge is 0.518 e. The molecular formula is C26H49F3NO3S-. The van der Waals surface area contributed by atoms with E-state index in [1.165, 1.54) is 109 Å². The molecule has 0 aromatic heterocycles. The maximum Gasteiger partial charge on any atom is 0.518 e. The van der Waals surface area contributed by atoms with Crippen LogP contribution in [0.3, 0.4) is 0 Å². The summed E-state index contributed by atoms with van der Waals surface area (Å²) in [6.45, 7) is 2.26. The van der Waals surface area contributed by atoms with Crippen LogP contribution in [0.25, 0.3) is 0 Å². The molecule has 0 spiro atoms. The molecule has 0 rings (SSSR count). The van der Waals surface area contributed by atoms with Gasteiger partial charge in [-0.15, -0.1) is 0 Å². The molecule has 0 atom stereocenters. The van der Waals surface area contributed by atoms with Gasteiger partial charge < -0.3 is 5.11 Å². The first kappa shape index (κ1) is 33.2. The molecule has 204 valence electrons. The molecule has 0 saturated heterocycles. The largest absolute Gasteiger partial charge is 0.861 e. The van der Waals surface area contributed by atoms with E-state index in [4.69, 9.17) is 0 Å². The number of halogens is 3. The molecule has 0 amide bonds. The van der Waals surface area contributed by atoms with E-state index in [1.54, 1.807) is 0 Å². The van der Waals surface area contributed by atoms with Gasteiger partial charge in [0.1, 0.15) is 0 Å².